The van der Waals surface area contributed by atoms with Gasteiger partial charge in [0.25, 0.3) is 0 Å². The van der Waals surface area contributed by atoms with E-state index in [1.54, 1.807) is 0 Å². The van der Waals surface area contributed by atoms with Crippen molar-refractivity contribution in [1.82, 2.24) is 5.32 Å². The normalized spacial score (nSPS) is 19.8. The van der Waals surface area contributed by atoms with E-state index in [4.69, 9.17) is 4.74 Å². The summed E-state index contributed by atoms with van der Waals surface area (Å²) in [5, 5.41) is 11.8. The molecule has 7 nitrogen and oxygen atoms in total. The summed E-state index contributed by atoms with van der Waals surface area (Å²) in [6.45, 7) is 2.61. The van der Waals surface area contributed by atoms with E-state index >= 15 is 0 Å². The predicted molar refractivity (Wildman–Crippen MR) is 59.3 cm³/mol. The van der Waals surface area contributed by atoms with Crippen molar-refractivity contribution in [3.8, 4) is 0 Å². The third kappa shape index (κ3) is 4.54. The van der Waals surface area contributed by atoms with Gasteiger partial charge in [0.2, 0.25) is 5.91 Å². The van der Waals surface area contributed by atoms with E-state index in [1.165, 1.54) is 0 Å². The van der Waals surface area contributed by atoms with Gasteiger partial charge in [-0.3, -0.25) is 4.79 Å². The molecule has 0 spiro atoms. The largest absolute Gasteiger partial charge is 0.461 e. The second kappa shape index (κ2) is 6.75. The Kier molecular flexibility index (Phi) is 5.31. The SMILES string of the molecule is C=CC(=O)OCC(O)COC(=O)C1CCC(=O)N1. The van der Waals surface area contributed by atoms with Crippen LogP contribution in [0.15, 0.2) is 12.7 Å². The molecule has 1 fully saturated rings. The van der Waals surface area contributed by atoms with Gasteiger partial charge in [-0.25, -0.2) is 9.59 Å². The van der Waals surface area contributed by atoms with Crippen LogP contribution in [0.25, 0.3) is 0 Å². The van der Waals surface area contributed by atoms with Crippen LogP contribution in [0.2, 0.25) is 0 Å². The zero-order valence-electron chi connectivity index (χ0n) is 9.76. The lowest BCUT2D eigenvalue weighted by Gasteiger charge is -2.13. The van der Waals surface area contributed by atoms with Crippen molar-refractivity contribution in [3.63, 3.8) is 0 Å². The molecule has 7 heteroatoms. The Morgan fingerprint density at radius 3 is 2.72 bits per heavy atom. The van der Waals surface area contributed by atoms with E-state index in [2.05, 4.69) is 16.6 Å². The standard InChI is InChI=1S/C11H15NO6/c1-2-10(15)17-5-7(13)6-18-11(16)8-3-4-9(14)12-8/h2,7-8,13H,1,3-6H2,(H,12,14). The van der Waals surface area contributed by atoms with E-state index in [-0.39, 0.29) is 19.1 Å². The van der Waals surface area contributed by atoms with Crippen LogP contribution in [-0.4, -0.2) is 48.3 Å². The van der Waals surface area contributed by atoms with Crippen LogP contribution >= 0.6 is 0 Å². The molecule has 100 valence electrons. The van der Waals surface area contributed by atoms with Crippen molar-refractivity contribution in [2.75, 3.05) is 13.2 Å². The smallest absolute Gasteiger partial charge is 0.330 e. The summed E-state index contributed by atoms with van der Waals surface area (Å²) in [6, 6.07) is -0.652. The van der Waals surface area contributed by atoms with E-state index in [0.717, 1.165) is 6.08 Å². The van der Waals surface area contributed by atoms with Crippen LogP contribution in [0, 0.1) is 0 Å². The summed E-state index contributed by atoms with van der Waals surface area (Å²) < 4.78 is 9.34. The van der Waals surface area contributed by atoms with Gasteiger partial charge in [0.1, 0.15) is 25.4 Å². The molecule has 1 saturated heterocycles. The van der Waals surface area contributed by atoms with E-state index in [9.17, 15) is 19.5 Å². The second-order valence-corrected chi connectivity index (χ2v) is 3.78. The molecule has 2 unspecified atom stereocenters. The van der Waals surface area contributed by atoms with E-state index in [1.807, 2.05) is 0 Å². The Morgan fingerprint density at radius 2 is 2.17 bits per heavy atom. The number of ether oxygens (including phenoxy) is 2. The number of aliphatic hydroxyl groups excluding tert-OH is 1. The summed E-state index contributed by atoms with van der Waals surface area (Å²) in [6.07, 6.45) is 0.542. The highest BCUT2D eigenvalue weighted by atomic mass is 16.6. The van der Waals surface area contributed by atoms with E-state index in [0.29, 0.717) is 12.8 Å². The molecular weight excluding hydrogens is 242 g/mol. The molecule has 18 heavy (non-hydrogen) atoms. The molecule has 1 aliphatic heterocycles. The lowest BCUT2D eigenvalue weighted by atomic mass is 10.2. The molecule has 2 N–H and O–H groups in total. The van der Waals surface area contributed by atoms with Crippen molar-refractivity contribution >= 4 is 17.8 Å². The van der Waals surface area contributed by atoms with Gasteiger partial charge < -0.3 is 19.9 Å². The molecule has 1 heterocycles. The average molecular weight is 257 g/mol. The van der Waals surface area contributed by atoms with Gasteiger partial charge in [0.05, 0.1) is 0 Å². The Balaban J connectivity index is 2.19. The van der Waals surface area contributed by atoms with Gasteiger partial charge in [-0.05, 0) is 6.42 Å². The van der Waals surface area contributed by atoms with Crippen LogP contribution in [0.3, 0.4) is 0 Å². The zero-order chi connectivity index (χ0) is 13.5. The Morgan fingerprint density at radius 1 is 1.50 bits per heavy atom. The topological polar surface area (TPSA) is 102 Å². The fourth-order valence-electron chi connectivity index (χ4n) is 1.36. The fourth-order valence-corrected chi connectivity index (χ4v) is 1.36. The number of amides is 1. The molecule has 0 aliphatic carbocycles. The molecule has 1 aliphatic rings. The summed E-state index contributed by atoms with van der Waals surface area (Å²) in [5.74, 6) is -1.46. The third-order valence-electron chi connectivity index (χ3n) is 2.28. The summed E-state index contributed by atoms with van der Waals surface area (Å²) in [5.41, 5.74) is 0. The molecule has 1 rings (SSSR count). The molecule has 0 aromatic carbocycles. The third-order valence-corrected chi connectivity index (χ3v) is 2.28. The van der Waals surface area contributed by atoms with Gasteiger partial charge >= 0.3 is 11.9 Å². The highest BCUT2D eigenvalue weighted by Gasteiger charge is 2.28. The van der Waals surface area contributed by atoms with Crippen molar-refractivity contribution in [2.45, 2.75) is 25.0 Å². The monoisotopic (exact) mass is 257 g/mol. The fraction of sp³-hybridized carbons (Fsp3) is 0.545. The van der Waals surface area contributed by atoms with Crippen molar-refractivity contribution in [3.05, 3.63) is 12.7 Å². The summed E-state index contributed by atoms with van der Waals surface area (Å²) >= 11 is 0. The first-order valence-corrected chi connectivity index (χ1v) is 5.46. The molecule has 1 amide bonds. The number of carbonyl (C=O) groups excluding carboxylic acids is 3. The van der Waals surface area contributed by atoms with Crippen molar-refractivity contribution in [1.29, 1.82) is 0 Å². The Labute approximate surface area is 104 Å². The highest BCUT2D eigenvalue weighted by Crippen LogP contribution is 2.08. The lowest BCUT2D eigenvalue weighted by molar-refractivity contribution is -0.152. The predicted octanol–water partition coefficient (Wildman–Crippen LogP) is -1.10. The number of rotatable bonds is 6. The maximum Gasteiger partial charge on any atom is 0.330 e. The molecule has 0 aromatic rings. The first-order valence-electron chi connectivity index (χ1n) is 5.46. The number of aliphatic hydroxyl groups is 1. The average Bonchev–Trinajstić information content (AvgIpc) is 2.79. The van der Waals surface area contributed by atoms with Crippen LogP contribution in [0.4, 0.5) is 0 Å². The van der Waals surface area contributed by atoms with Crippen molar-refractivity contribution < 1.29 is 29.0 Å². The summed E-state index contributed by atoms with van der Waals surface area (Å²) in [4.78, 5) is 33.0. The number of hydrogen-bond acceptors (Lipinski definition) is 6. The molecular formula is C11H15NO6. The van der Waals surface area contributed by atoms with Gasteiger partial charge in [0, 0.05) is 12.5 Å². The van der Waals surface area contributed by atoms with Gasteiger partial charge in [-0.1, -0.05) is 6.58 Å². The van der Waals surface area contributed by atoms with Gasteiger partial charge in [0.15, 0.2) is 0 Å². The van der Waals surface area contributed by atoms with E-state index < -0.39 is 24.1 Å². The number of carbonyl (C=O) groups is 3. The quantitative estimate of drug-likeness (QED) is 0.462. The Bertz CT molecular complexity index is 353. The number of nitrogens with one attached hydrogen (secondary N) is 1. The van der Waals surface area contributed by atoms with Gasteiger partial charge in [-0.15, -0.1) is 0 Å². The minimum atomic E-state index is -1.10. The Hall–Kier alpha value is -1.89. The van der Waals surface area contributed by atoms with Crippen LogP contribution in [-0.2, 0) is 23.9 Å². The maximum absolute atomic E-state index is 11.4. The lowest BCUT2D eigenvalue weighted by Crippen LogP contribution is -2.36. The van der Waals surface area contributed by atoms with Crippen LogP contribution in [0.5, 0.6) is 0 Å². The minimum absolute atomic E-state index is 0.197. The first kappa shape index (κ1) is 14.2. The zero-order valence-corrected chi connectivity index (χ0v) is 9.76. The maximum atomic E-state index is 11.4. The second-order valence-electron chi connectivity index (χ2n) is 3.78. The van der Waals surface area contributed by atoms with Gasteiger partial charge in [-0.2, -0.15) is 0 Å². The first-order chi connectivity index (χ1) is 8.52. The molecule has 0 aromatic heterocycles. The molecule has 0 bridgehead atoms. The van der Waals surface area contributed by atoms with Crippen LogP contribution < -0.4 is 5.32 Å². The summed E-state index contributed by atoms with van der Waals surface area (Å²) in [7, 11) is 0. The van der Waals surface area contributed by atoms with Crippen molar-refractivity contribution in [2.24, 2.45) is 0 Å². The molecule has 2 atom stereocenters. The number of esters is 2. The van der Waals surface area contributed by atoms with Crippen LogP contribution in [0.1, 0.15) is 12.8 Å². The number of hydrogen-bond donors (Lipinski definition) is 2. The highest BCUT2D eigenvalue weighted by molar-refractivity contribution is 5.88. The molecule has 0 saturated carbocycles. The molecule has 0 radical (unpaired) electrons. The minimum Gasteiger partial charge on any atom is -0.461 e.